The molecule has 0 bridgehead atoms. The summed E-state index contributed by atoms with van der Waals surface area (Å²) >= 11 is 0. The van der Waals surface area contributed by atoms with Crippen LogP contribution in [0.2, 0.25) is 0 Å². The molecule has 0 atom stereocenters. The van der Waals surface area contributed by atoms with Gasteiger partial charge in [-0.05, 0) is 48.6 Å². The summed E-state index contributed by atoms with van der Waals surface area (Å²) in [6.07, 6.45) is 3.52. The topological polar surface area (TPSA) is 87.1 Å². The molecule has 0 saturated carbocycles. The van der Waals surface area contributed by atoms with E-state index in [1.165, 1.54) is 0 Å². The van der Waals surface area contributed by atoms with Gasteiger partial charge in [-0.25, -0.2) is 9.78 Å². The van der Waals surface area contributed by atoms with Gasteiger partial charge in [-0.3, -0.25) is 10.3 Å². The molecular formula is C19H20N4O2. The molecule has 0 aliphatic heterocycles. The molecule has 0 fully saturated rings. The second kappa shape index (κ2) is 7.27. The minimum Gasteiger partial charge on any atom is -0.390 e. The predicted molar refractivity (Wildman–Crippen MR) is 98.3 cm³/mol. The third-order valence-electron chi connectivity index (χ3n) is 3.94. The van der Waals surface area contributed by atoms with Crippen molar-refractivity contribution >= 4 is 22.6 Å². The number of rotatable bonds is 4. The number of aliphatic hydroxyl groups excluding tert-OH is 1. The monoisotopic (exact) mass is 336 g/mol. The third-order valence-corrected chi connectivity index (χ3v) is 3.94. The van der Waals surface area contributed by atoms with E-state index in [0.29, 0.717) is 18.1 Å². The Hall–Kier alpha value is -2.99. The number of aliphatic hydroxyl groups is 1. The van der Waals surface area contributed by atoms with Crippen LogP contribution in [-0.4, -0.2) is 27.7 Å². The highest BCUT2D eigenvalue weighted by molar-refractivity contribution is 5.94. The molecule has 0 spiro atoms. The number of nitrogens with one attached hydrogen (secondary N) is 2. The molecule has 128 valence electrons. The smallest absolute Gasteiger partial charge is 0.320 e. The number of benzene rings is 1. The highest BCUT2D eigenvalue weighted by atomic mass is 16.3. The Bertz CT molecular complexity index is 907. The van der Waals surface area contributed by atoms with Gasteiger partial charge in [-0.1, -0.05) is 12.1 Å². The zero-order chi connectivity index (χ0) is 17.8. The van der Waals surface area contributed by atoms with Gasteiger partial charge in [0.05, 0.1) is 12.3 Å². The number of amides is 2. The molecule has 0 aliphatic rings. The van der Waals surface area contributed by atoms with Gasteiger partial charge in [0.15, 0.2) is 0 Å². The Kier molecular flexibility index (Phi) is 4.90. The number of aromatic nitrogens is 2. The van der Waals surface area contributed by atoms with Gasteiger partial charge < -0.3 is 10.4 Å². The summed E-state index contributed by atoms with van der Waals surface area (Å²) in [5.41, 5.74) is 3.73. The number of carbonyl (C=O) groups excluding carboxylic acids is 1. The van der Waals surface area contributed by atoms with E-state index >= 15 is 0 Å². The van der Waals surface area contributed by atoms with Gasteiger partial charge >= 0.3 is 6.03 Å². The molecule has 3 N–H and O–H groups in total. The number of carbonyl (C=O) groups is 1. The highest BCUT2D eigenvalue weighted by Gasteiger charge is 2.07. The zero-order valence-electron chi connectivity index (χ0n) is 14.2. The average molecular weight is 336 g/mol. The normalized spacial score (nSPS) is 10.7. The van der Waals surface area contributed by atoms with Crippen molar-refractivity contribution in [2.24, 2.45) is 0 Å². The van der Waals surface area contributed by atoms with Crippen LogP contribution in [0.25, 0.3) is 21.9 Å². The van der Waals surface area contributed by atoms with Crippen LogP contribution in [0.4, 0.5) is 10.6 Å². The van der Waals surface area contributed by atoms with E-state index in [1.807, 2.05) is 38.1 Å². The number of fused-ring (bicyclic) bond motifs is 1. The predicted octanol–water partition coefficient (Wildman–Crippen LogP) is 3.24. The number of nitrogens with zero attached hydrogens (tertiary/aromatic N) is 2. The number of hydrogen-bond donors (Lipinski definition) is 3. The van der Waals surface area contributed by atoms with Crippen LogP contribution in [0, 0.1) is 6.92 Å². The number of urea groups is 1. The minimum absolute atomic E-state index is 0.0719. The van der Waals surface area contributed by atoms with E-state index in [-0.39, 0.29) is 12.6 Å². The maximum Gasteiger partial charge on any atom is 0.320 e. The van der Waals surface area contributed by atoms with Crippen molar-refractivity contribution in [3.05, 3.63) is 54.0 Å². The van der Waals surface area contributed by atoms with E-state index in [4.69, 9.17) is 5.11 Å². The Morgan fingerprint density at radius 1 is 1.12 bits per heavy atom. The van der Waals surface area contributed by atoms with E-state index < -0.39 is 0 Å². The minimum atomic E-state index is -0.272. The molecule has 0 radical (unpaired) electrons. The fourth-order valence-corrected chi connectivity index (χ4v) is 2.68. The highest BCUT2D eigenvalue weighted by Crippen LogP contribution is 2.28. The molecule has 3 aromatic rings. The fourth-order valence-electron chi connectivity index (χ4n) is 2.68. The second-order valence-corrected chi connectivity index (χ2v) is 5.76. The summed E-state index contributed by atoms with van der Waals surface area (Å²) in [5.74, 6) is 0.503. The van der Waals surface area contributed by atoms with Gasteiger partial charge in [0.2, 0.25) is 0 Å². The maximum atomic E-state index is 11.7. The quantitative estimate of drug-likeness (QED) is 0.682. The van der Waals surface area contributed by atoms with Gasteiger partial charge in [0, 0.05) is 29.9 Å². The van der Waals surface area contributed by atoms with Crippen molar-refractivity contribution in [2.45, 2.75) is 20.5 Å². The number of anilines is 1. The lowest BCUT2D eigenvalue weighted by Gasteiger charge is -2.10. The van der Waals surface area contributed by atoms with Gasteiger partial charge in [-0.15, -0.1) is 0 Å². The Morgan fingerprint density at radius 3 is 2.64 bits per heavy atom. The maximum absolute atomic E-state index is 11.7. The van der Waals surface area contributed by atoms with E-state index in [0.717, 1.165) is 27.5 Å². The number of hydrogen-bond acceptors (Lipinski definition) is 4. The molecule has 0 saturated heterocycles. The van der Waals surface area contributed by atoms with Crippen LogP contribution in [-0.2, 0) is 6.61 Å². The SMILES string of the molecule is CCNC(=O)Nc1cc2cc(-c3ccc(CO)nc3)cc(C)c2cn1. The van der Waals surface area contributed by atoms with Crippen molar-refractivity contribution in [1.29, 1.82) is 0 Å². The third kappa shape index (κ3) is 3.75. The second-order valence-electron chi connectivity index (χ2n) is 5.76. The summed E-state index contributed by atoms with van der Waals surface area (Å²) in [4.78, 5) is 20.2. The summed E-state index contributed by atoms with van der Waals surface area (Å²) in [7, 11) is 0. The first kappa shape index (κ1) is 16.9. The summed E-state index contributed by atoms with van der Waals surface area (Å²) in [6.45, 7) is 4.37. The fraction of sp³-hybridized carbons (Fsp3) is 0.211. The lowest BCUT2D eigenvalue weighted by atomic mass is 9.99. The molecule has 2 aromatic heterocycles. The van der Waals surface area contributed by atoms with Crippen molar-refractivity contribution in [3.63, 3.8) is 0 Å². The Morgan fingerprint density at radius 2 is 1.96 bits per heavy atom. The summed E-state index contributed by atoms with van der Waals surface area (Å²) in [6, 6.07) is 9.46. The lowest BCUT2D eigenvalue weighted by molar-refractivity contribution is 0.252. The Balaban J connectivity index is 1.99. The van der Waals surface area contributed by atoms with Crippen LogP contribution < -0.4 is 10.6 Å². The number of aryl methyl sites for hydroxylation is 1. The van der Waals surface area contributed by atoms with Gasteiger partial charge in [0.1, 0.15) is 5.82 Å². The molecule has 1 aromatic carbocycles. The molecular weight excluding hydrogens is 316 g/mol. The first-order valence-corrected chi connectivity index (χ1v) is 8.12. The van der Waals surface area contributed by atoms with Gasteiger partial charge in [0.25, 0.3) is 0 Å². The number of pyridine rings is 2. The van der Waals surface area contributed by atoms with Crippen molar-refractivity contribution in [3.8, 4) is 11.1 Å². The first-order valence-electron chi connectivity index (χ1n) is 8.12. The molecule has 0 aliphatic carbocycles. The standard InChI is InChI=1S/C19H20N4O2/c1-3-20-19(25)23-18-8-15-7-14(6-12(2)17(15)10-22-18)13-4-5-16(11-24)21-9-13/h4-10,24H,3,11H2,1-2H3,(H2,20,22,23,25). The molecule has 6 heteroatoms. The largest absolute Gasteiger partial charge is 0.390 e. The van der Waals surface area contributed by atoms with Crippen LogP contribution in [0.15, 0.2) is 42.7 Å². The van der Waals surface area contributed by atoms with Crippen molar-refractivity contribution in [2.75, 3.05) is 11.9 Å². The van der Waals surface area contributed by atoms with Crippen LogP contribution in [0.1, 0.15) is 18.2 Å². The molecule has 0 unspecified atom stereocenters. The van der Waals surface area contributed by atoms with E-state index in [1.54, 1.807) is 12.4 Å². The van der Waals surface area contributed by atoms with Crippen molar-refractivity contribution in [1.82, 2.24) is 15.3 Å². The molecule has 25 heavy (non-hydrogen) atoms. The Labute approximate surface area is 145 Å². The lowest BCUT2D eigenvalue weighted by Crippen LogP contribution is -2.28. The average Bonchev–Trinajstić information content (AvgIpc) is 2.61. The van der Waals surface area contributed by atoms with E-state index in [2.05, 4.69) is 26.7 Å². The molecule has 2 heterocycles. The van der Waals surface area contributed by atoms with Crippen LogP contribution >= 0.6 is 0 Å². The van der Waals surface area contributed by atoms with Crippen LogP contribution in [0.5, 0.6) is 0 Å². The molecule has 2 amide bonds. The van der Waals surface area contributed by atoms with Crippen molar-refractivity contribution < 1.29 is 9.90 Å². The molecule has 6 nitrogen and oxygen atoms in total. The summed E-state index contributed by atoms with van der Waals surface area (Å²) in [5, 5.41) is 16.5. The zero-order valence-corrected chi connectivity index (χ0v) is 14.2. The first-order chi connectivity index (χ1) is 12.1. The van der Waals surface area contributed by atoms with Gasteiger partial charge in [-0.2, -0.15) is 0 Å². The van der Waals surface area contributed by atoms with E-state index in [9.17, 15) is 4.79 Å². The van der Waals surface area contributed by atoms with Crippen LogP contribution in [0.3, 0.4) is 0 Å². The molecule has 3 rings (SSSR count). The summed E-state index contributed by atoms with van der Waals surface area (Å²) < 4.78 is 0.